The molecule has 1 heterocycles. The van der Waals surface area contributed by atoms with Crippen molar-refractivity contribution in [2.45, 2.75) is 6.92 Å². The third-order valence-corrected chi connectivity index (χ3v) is 4.48. The van der Waals surface area contributed by atoms with E-state index in [1.165, 1.54) is 12.4 Å². The van der Waals surface area contributed by atoms with Crippen LogP contribution < -0.4 is 20.1 Å². The van der Waals surface area contributed by atoms with E-state index in [-0.39, 0.29) is 11.6 Å². The quantitative estimate of drug-likeness (QED) is 0.638. The molecule has 0 bridgehead atoms. The van der Waals surface area contributed by atoms with Gasteiger partial charge in [0.2, 0.25) is 0 Å². The van der Waals surface area contributed by atoms with Gasteiger partial charge in [-0.1, -0.05) is 17.7 Å². The summed E-state index contributed by atoms with van der Waals surface area (Å²) in [6.45, 7) is 1.83. The van der Waals surface area contributed by atoms with Crippen molar-refractivity contribution in [2.24, 2.45) is 0 Å². The van der Waals surface area contributed by atoms with Gasteiger partial charge in [0, 0.05) is 16.8 Å². The zero-order valence-corrected chi connectivity index (χ0v) is 16.4. The van der Waals surface area contributed by atoms with E-state index in [1.807, 2.05) is 6.92 Å². The lowest BCUT2D eigenvalue weighted by molar-refractivity contribution is 0.102. The normalized spacial score (nSPS) is 10.3. The van der Waals surface area contributed by atoms with E-state index in [9.17, 15) is 4.79 Å². The van der Waals surface area contributed by atoms with Gasteiger partial charge in [-0.25, -0.2) is 9.97 Å². The zero-order valence-electron chi connectivity index (χ0n) is 15.6. The van der Waals surface area contributed by atoms with E-state index >= 15 is 0 Å². The smallest absolute Gasteiger partial charge is 0.275 e. The van der Waals surface area contributed by atoms with Crippen molar-refractivity contribution >= 4 is 34.7 Å². The van der Waals surface area contributed by atoms with Crippen LogP contribution >= 0.6 is 11.6 Å². The third-order valence-electron chi connectivity index (χ3n) is 4.07. The molecule has 0 atom stereocenters. The number of ether oxygens (including phenoxy) is 2. The fourth-order valence-corrected chi connectivity index (χ4v) is 2.66. The van der Waals surface area contributed by atoms with Gasteiger partial charge in [0.25, 0.3) is 5.91 Å². The van der Waals surface area contributed by atoms with Gasteiger partial charge < -0.3 is 20.1 Å². The number of hydrogen-bond donors (Lipinski definition) is 2. The van der Waals surface area contributed by atoms with Crippen LogP contribution in [0.2, 0.25) is 5.02 Å². The molecule has 8 heteroatoms. The number of benzene rings is 2. The first-order valence-electron chi connectivity index (χ1n) is 8.39. The lowest BCUT2D eigenvalue weighted by Crippen LogP contribution is -2.15. The lowest BCUT2D eigenvalue weighted by Gasteiger charge is -2.12. The first-order valence-corrected chi connectivity index (χ1v) is 8.77. The highest BCUT2D eigenvalue weighted by molar-refractivity contribution is 6.31. The molecule has 7 nitrogen and oxygen atoms in total. The number of nitrogens with zero attached hydrogens (tertiary/aromatic N) is 2. The fraction of sp³-hybridized carbons (Fsp3) is 0.150. The number of hydrogen-bond acceptors (Lipinski definition) is 6. The summed E-state index contributed by atoms with van der Waals surface area (Å²) in [6, 6.07) is 10.7. The zero-order chi connectivity index (χ0) is 20.1. The summed E-state index contributed by atoms with van der Waals surface area (Å²) in [5.74, 6) is 1.38. The Bertz CT molecular complexity index is 993. The van der Waals surface area contributed by atoms with Gasteiger partial charge in [-0.15, -0.1) is 0 Å². The highest BCUT2D eigenvalue weighted by atomic mass is 35.5. The van der Waals surface area contributed by atoms with Gasteiger partial charge in [-0.3, -0.25) is 4.79 Å². The lowest BCUT2D eigenvalue weighted by atomic mass is 10.2. The number of carbonyl (C=O) groups is 1. The van der Waals surface area contributed by atoms with Gasteiger partial charge in [0.05, 0.1) is 32.3 Å². The molecule has 2 aromatic carbocycles. The fourth-order valence-electron chi connectivity index (χ4n) is 2.49. The Labute approximate surface area is 167 Å². The molecule has 0 saturated carbocycles. The van der Waals surface area contributed by atoms with Crippen LogP contribution in [0.15, 0.2) is 48.8 Å². The van der Waals surface area contributed by atoms with Crippen molar-refractivity contribution < 1.29 is 14.3 Å². The van der Waals surface area contributed by atoms with Crippen LogP contribution in [0.25, 0.3) is 0 Å². The van der Waals surface area contributed by atoms with Crippen molar-refractivity contribution in [3.63, 3.8) is 0 Å². The number of aromatic nitrogens is 2. The predicted molar refractivity (Wildman–Crippen MR) is 109 cm³/mol. The first-order chi connectivity index (χ1) is 13.5. The Morgan fingerprint density at radius 3 is 2.54 bits per heavy atom. The van der Waals surface area contributed by atoms with Crippen molar-refractivity contribution in [2.75, 3.05) is 24.9 Å². The summed E-state index contributed by atoms with van der Waals surface area (Å²) in [5, 5.41) is 6.47. The molecule has 0 aliphatic heterocycles. The maximum Gasteiger partial charge on any atom is 0.275 e. The van der Waals surface area contributed by atoms with Crippen LogP contribution in [-0.4, -0.2) is 30.1 Å². The van der Waals surface area contributed by atoms with Crippen molar-refractivity contribution in [3.05, 3.63) is 65.1 Å². The molecular weight excluding hydrogens is 380 g/mol. The molecule has 1 amide bonds. The minimum absolute atomic E-state index is 0.183. The van der Waals surface area contributed by atoms with Crippen molar-refractivity contribution in [1.29, 1.82) is 0 Å². The first kappa shape index (κ1) is 19.4. The SMILES string of the molecule is COc1ccc(OC)c(Nc2cnc(C(=O)Nc3cccc(Cl)c3C)cn2)c1. The summed E-state index contributed by atoms with van der Waals surface area (Å²) in [4.78, 5) is 20.8. The molecule has 2 N–H and O–H groups in total. The van der Waals surface area contributed by atoms with Gasteiger partial charge in [0.1, 0.15) is 23.0 Å². The summed E-state index contributed by atoms with van der Waals surface area (Å²) in [5.41, 5.74) is 2.27. The third kappa shape index (κ3) is 4.32. The van der Waals surface area contributed by atoms with E-state index in [0.717, 1.165) is 5.56 Å². The molecule has 28 heavy (non-hydrogen) atoms. The second kappa shape index (κ2) is 8.58. The molecule has 0 aliphatic rings. The Kier molecular flexibility index (Phi) is 5.96. The average Bonchev–Trinajstić information content (AvgIpc) is 2.71. The van der Waals surface area contributed by atoms with E-state index in [2.05, 4.69) is 20.6 Å². The maximum absolute atomic E-state index is 12.4. The standard InChI is InChI=1S/C20H19ClN4O3/c1-12-14(21)5-4-6-15(12)25-20(26)17-10-23-19(11-22-17)24-16-9-13(27-2)7-8-18(16)28-3/h4-11H,1-3H3,(H,23,24)(H,25,26). The van der Waals surface area contributed by atoms with E-state index in [0.29, 0.717) is 33.7 Å². The van der Waals surface area contributed by atoms with Crippen LogP contribution in [-0.2, 0) is 0 Å². The molecule has 0 spiro atoms. The number of carbonyl (C=O) groups excluding carboxylic acids is 1. The average molecular weight is 399 g/mol. The summed E-state index contributed by atoms with van der Waals surface area (Å²) in [6.07, 6.45) is 2.86. The van der Waals surface area contributed by atoms with Gasteiger partial charge in [0.15, 0.2) is 0 Å². The second-order valence-electron chi connectivity index (χ2n) is 5.84. The molecule has 0 radical (unpaired) electrons. The van der Waals surface area contributed by atoms with Crippen LogP contribution in [0.5, 0.6) is 11.5 Å². The van der Waals surface area contributed by atoms with E-state index in [4.69, 9.17) is 21.1 Å². The number of anilines is 3. The molecule has 0 unspecified atom stereocenters. The Balaban J connectivity index is 1.75. The van der Waals surface area contributed by atoms with Crippen LogP contribution in [0.3, 0.4) is 0 Å². The molecule has 1 aromatic heterocycles. The highest BCUT2D eigenvalue weighted by Gasteiger charge is 2.12. The Morgan fingerprint density at radius 1 is 1.04 bits per heavy atom. The molecule has 0 fully saturated rings. The van der Waals surface area contributed by atoms with Crippen LogP contribution in [0, 0.1) is 6.92 Å². The monoisotopic (exact) mass is 398 g/mol. The van der Waals surface area contributed by atoms with E-state index < -0.39 is 0 Å². The minimum Gasteiger partial charge on any atom is -0.497 e. The molecular formula is C20H19ClN4O3. The van der Waals surface area contributed by atoms with Crippen molar-refractivity contribution in [1.82, 2.24) is 9.97 Å². The maximum atomic E-state index is 12.4. The second-order valence-corrected chi connectivity index (χ2v) is 6.25. The Hall–Kier alpha value is -3.32. The molecule has 3 aromatic rings. The minimum atomic E-state index is -0.372. The summed E-state index contributed by atoms with van der Waals surface area (Å²) < 4.78 is 10.5. The van der Waals surface area contributed by atoms with E-state index in [1.54, 1.807) is 50.6 Å². The number of rotatable bonds is 6. The molecule has 3 rings (SSSR count). The van der Waals surface area contributed by atoms with Gasteiger partial charge in [-0.05, 0) is 36.8 Å². The topological polar surface area (TPSA) is 85.4 Å². The van der Waals surface area contributed by atoms with Gasteiger partial charge in [-0.2, -0.15) is 0 Å². The number of amides is 1. The molecule has 0 saturated heterocycles. The highest BCUT2D eigenvalue weighted by Crippen LogP contribution is 2.30. The van der Waals surface area contributed by atoms with Crippen LogP contribution in [0.4, 0.5) is 17.2 Å². The van der Waals surface area contributed by atoms with Gasteiger partial charge >= 0.3 is 0 Å². The number of methoxy groups -OCH3 is 2. The number of halogens is 1. The summed E-state index contributed by atoms with van der Waals surface area (Å²) >= 11 is 6.08. The molecule has 0 aliphatic carbocycles. The number of nitrogens with one attached hydrogen (secondary N) is 2. The van der Waals surface area contributed by atoms with Crippen molar-refractivity contribution in [3.8, 4) is 11.5 Å². The predicted octanol–water partition coefficient (Wildman–Crippen LogP) is 4.45. The van der Waals surface area contributed by atoms with Crippen LogP contribution in [0.1, 0.15) is 16.1 Å². The summed E-state index contributed by atoms with van der Waals surface area (Å²) in [7, 11) is 3.16. The Morgan fingerprint density at radius 2 is 1.86 bits per heavy atom. The largest absolute Gasteiger partial charge is 0.497 e. The molecule has 144 valence electrons.